The van der Waals surface area contributed by atoms with Crippen LogP contribution in [0.25, 0.3) is 0 Å². The molecule has 0 radical (unpaired) electrons. The molecule has 1 atom stereocenters. The van der Waals surface area contributed by atoms with Crippen molar-refractivity contribution in [2.45, 2.75) is 31.3 Å². The third-order valence-electron chi connectivity index (χ3n) is 4.09. The van der Waals surface area contributed by atoms with Crippen molar-refractivity contribution >= 4 is 0 Å². The maximum absolute atomic E-state index is 13.2. The molecule has 0 saturated carbocycles. The lowest BCUT2D eigenvalue weighted by molar-refractivity contribution is 0.0293. The molecule has 19 heavy (non-hydrogen) atoms. The van der Waals surface area contributed by atoms with E-state index in [4.69, 9.17) is 0 Å². The second-order valence-corrected chi connectivity index (χ2v) is 5.28. The Morgan fingerprint density at radius 1 is 1.42 bits per heavy atom. The molecule has 100 valence electrons. The topological polar surface area (TPSA) is 38.0 Å². The number of benzene rings is 1. The van der Waals surface area contributed by atoms with Gasteiger partial charge in [-0.3, -0.25) is 4.68 Å². The van der Waals surface area contributed by atoms with Gasteiger partial charge in [-0.15, -0.1) is 0 Å². The molecule has 1 aliphatic rings. The Kier molecular flexibility index (Phi) is 2.90. The average molecular weight is 260 g/mol. The van der Waals surface area contributed by atoms with Gasteiger partial charge in [0.05, 0.1) is 5.60 Å². The van der Waals surface area contributed by atoms with Gasteiger partial charge in [-0.25, -0.2) is 4.39 Å². The Labute approximate surface area is 111 Å². The van der Waals surface area contributed by atoms with Crippen LogP contribution in [0.4, 0.5) is 4.39 Å². The smallest absolute Gasteiger partial charge is 0.123 e. The molecule has 0 saturated heterocycles. The van der Waals surface area contributed by atoms with E-state index >= 15 is 0 Å². The highest BCUT2D eigenvalue weighted by atomic mass is 19.1. The zero-order valence-electron chi connectivity index (χ0n) is 10.9. The number of aryl methyl sites for hydroxylation is 3. The number of hydrogen-bond acceptors (Lipinski definition) is 2. The molecule has 2 aromatic rings. The Morgan fingerprint density at radius 2 is 2.26 bits per heavy atom. The molecule has 3 nitrogen and oxygen atoms in total. The van der Waals surface area contributed by atoms with Crippen LogP contribution in [-0.4, -0.2) is 14.9 Å². The Balaban J connectivity index is 1.81. The van der Waals surface area contributed by atoms with Crippen LogP contribution in [0.15, 0.2) is 30.5 Å². The Bertz CT molecular complexity index is 608. The van der Waals surface area contributed by atoms with Crippen LogP contribution in [0, 0.1) is 5.82 Å². The molecule has 1 heterocycles. The van der Waals surface area contributed by atoms with E-state index in [2.05, 4.69) is 5.10 Å². The number of aliphatic hydroxyl groups is 1. The van der Waals surface area contributed by atoms with E-state index in [0.29, 0.717) is 12.8 Å². The SMILES string of the molecule is Cn1nccc1CCC1(O)CCc2cc(F)ccc21. The van der Waals surface area contributed by atoms with Gasteiger partial charge in [-0.2, -0.15) is 5.10 Å². The number of rotatable bonds is 3. The summed E-state index contributed by atoms with van der Waals surface area (Å²) in [7, 11) is 1.90. The summed E-state index contributed by atoms with van der Waals surface area (Å²) in [4.78, 5) is 0. The summed E-state index contributed by atoms with van der Waals surface area (Å²) in [6.45, 7) is 0. The predicted octanol–water partition coefficient (Wildman–Crippen LogP) is 2.33. The molecule has 0 aliphatic heterocycles. The lowest BCUT2D eigenvalue weighted by Crippen LogP contribution is -2.23. The minimum absolute atomic E-state index is 0.227. The van der Waals surface area contributed by atoms with Crippen LogP contribution < -0.4 is 0 Å². The van der Waals surface area contributed by atoms with Crippen molar-refractivity contribution in [3.63, 3.8) is 0 Å². The van der Waals surface area contributed by atoms with Gasteiger partial charge in [0.15, 0.2) is 0 Å². The van der Waals surface area contributed by atoms with Crippen LogP contribution in [-0.2, 0) is 25.5 Å². The van der Waals surface area contributed by atoms with Crippen molar-refractivity contribution < 1.29 is 9.50 Å². The van der Waals surface area contributed by atoms with Crippen LogP contribution in [0.5, 0.6) is 0 Å². The van der Waals surface area contributed by atoms with E-state index in [-0.39, 0.29) is 5.82 Å². The Morgan fingerprint density at radius 3 is 3.00 bits per heavy atom. The third kappa shape index (κ3) is 2.16. The first-order valence-corrected chi connectivity index (χ1v) is 6.57. The molecule has 0 bridgehead atoms. The number of halogens is 1. The van der Waals surface area contributed by atoms with Gasteiger partial charge in [-0.1, -0.05) is 6.07 Å². The van der Waals surface area contributed by atoms with E-state index in [1.54, 1.807) is 12.3 Å². The van der Waals surface area contributed by atoms with Gasteiger partial charge in [0, 0.05) is 18.9 Å². The van der Waals surface area contributed by atoms with Gasteiger partial charge >= 0.3 is 0 Å². The third-order valence-corrected chi connectivity index (χ3v) is 4.09. The summed E-state index contributed by atoms with van der Waals surface area (Å²) in [5.74, 6) is -0.227. The normalized spacial score (nSPS) is 21.6. The summed E-state index contributed by atoms with van der Waals surface area (Å²) in [5.41, 5.74) is 2.10. The van der Waals surface area contributed by atoms with Gasteiger partial charge in [0.2, 0.25) is 0 Å². The summed E-state index contributed by atoms with van der Waals surface area (Å²) in [5, 5.41) is 14.9. The summed E-state index contributed by atoms with van der Waals surface area (Å²) in [6.07, 6.45) is 4.59. The summed E-state index contributed by atoms with van der Waals surface area (Å²) < 4.78 is 15.0. The van der Waals surface area contributed by atoms with E-state index in [0.717, 1.165) is 29.7 Å². The van der Waals surface area contributed by atoms with Crippen LogP contribution in [0.2, 0.25) is 0 Å². The van der Waals surface area contributed by atoms with Gasteiger partial charge in [0.1, 0.15) is 5.82 Å². The van der Waals surface area contributed by atoms with Crippen molar-refractivity contribution in [1.82, 2.24) is 9.78 Å². The van der Waals surface area contributed by atoms with Crippen LogP contribution in [0.1, 0.15) is 29.7 Å². The minimum atomic E-state index is -0.826. The molecule has 1 aliphatic carbocycles. The molecule has 3 rings (SSSR count). The molecule has 1 aromatic carbocycles. The fourth-order valence-corrected chi connectivity index (χ4v) is 2.94. The quantitative estimate of drug-likeness (QED) is 0.919. The first-order chi connectivity index (χ1) is 9.08. The number of aromatic nitrogens is 2. The zero-order chi connectivity index (χ0) is 13.5. The first kappa shape index (κ1) is 12.4. The molecule has 1 unspecified atom stereocenters. The van der Waals surface area contributed by atoms with E-state index < -0.39 is 5.60 Å². The van der Waals surface area contributed by atoms with Crippen molar-refractivity contribution in [3.8, 4) is 0 Å². The molecular weight excluding hydrogens is 243 g/mol. The standard InChI is InChI=1S/C15H17FN2O/c1-18-13(6-9-17-18)5-8-15(19)7-4-11-10-12(16)2-3-14(11)15/h2-3,6,9-10,19H,4-5,7-8H2,1H3. The summed E-state index contributed by atoms with van der Waals surface area (Å²) >= 11 is 0. The van der Waals surface area contributed by atoms with Crippen molar-refractivity contribution in [1.29, 1.82) is 0 Å². The largest absolute Gasteiger partial charge is 0.385 e. The zero-order valence-corrected chi connectivity index (χ0v) is 10.9. The van der Waals surface area contributed by atoms with Gasteiger partial charge < -0.3 is 5.11 Å². The van der Waals surface area contributed by atoms with E-state index in [1.807, 2.05) is 17.8 Å². The minimum Gasteiger partial charge on any atom is -0.385 e. The lowest BCUT2D eigenvalue weighted by atomic mass is 9.90. The second-order valence-electron chi connectivity index (χ2n) is 5.28. The fraction of sp³-hybridized carbons (Fsp3) is 0.400. The fourth-order valence-electron chi connectivity index (χ4n) is 2.94. The predicted molar refractivity (Wildman–Crippen MR) is 70.1 cm³/mol. The maximum Gasteiger partial charge on any atom is 0.123 e. The average Bonchev–Trinajstić information content (AvgIpc) is 2.92. The van der Waals surface area contributed by atoms with Gasteiger partial charge in [-0.05, 0) is 55.0 Å². The molecule has 0 amide bonds. The maximum atomic E-state index is 13.2. The molecule has 1 N–H and O–H groups in total. The second kappa shape index (κ2) is 4.46. The van der Waals surface area contributed by atoms with Crippen molar-refractivity contribution in [2.24, 2.45) is 7.05 Å². The highest BCUT2D eigenvalue weighted by molar-refractivity contribution is 5.37. The lowest BCUT2D eigenvalue weighted by Gasteiger charge is -2.24. The van der Waals surface area contributed by atoms with Crippen molar-refractivity contribution in [2.75, 3.05) is 0 Å². The van der Waals surface area contributed by atoms with Crippen LogP contribution in [0.3, 0.4) is 0 Å². The number of hydrogen-bond donors (Lipinski definition) is 1. The summed E-state index contributed by atoms with van der Waals surface area (Å²) in [6, 6.07) is 6.65. The molecule has 1 aromatic heterocycles. The van der Waals surface area contributed by atoms with Crippen LogP contribution >= 0.6 is 0 Å². The number of nitrogens with zero attached hydrogens (tertiary/aromatic N) is 2. The monoisotopic (exact) mass is 260 g/mol. The number of fused-ring (bicyclic) bond motifs is 1. The Hall–Kier alpha value is -1.68. The van der Waals surface area contributed by atoms with E-state index in [1.165, 1.54) is 12.1 Å². The molecule has 4 heteroatoms. The highest BCUT2D eigenvalue weighted by Gasteiger charge is 2.36. The highest BCUT2D eigenvalue weighted by Crippen LogP contribution is 2.40. The van der Waals surface area contributed by atoms with Gasteiger partial charge in [0.25, 0.3) is 0 Å². The molecular formula is C15H17FN2O. The molecule has 0 fully saturated rings. The molecule has 0 spiro atoms. The van der Waals surface area contributed by atoms with Crippen molar-refractivity contribution in [3.05, 3.63) is 53.1 Å². The first-order valence-electron chi connectivity index (χ1n) is 6.57. The van der Waals surface area contributed by atoms with E-state index in [9.17, 15) is 9.50 Å².